The van der Waals surface area contributed by atoms with Gasteiger partial charge in [0.2, 0.25) is 0 Å². The van der Waals surface area contributed by atoms with Crippen molar-refractivity contribution in [3.8, 4) is 0 Å². The molecular formula is C5H9ClO. The van der Waals surface area contributed by atoms with E-state index in [-0.39, 0.29) is 11.0 Å². The second-order valence-electron chi connectivity index (χ2n) is 2.22. The molecule has 0 aromatic heterocycles. The van der Waals surface area contributed by atoms with E-state index in [1.807, 2.05) is 13.8 Å². The Balaban J connectivity index is 2.39. The van der Waals surface area contributed by atoms with E-state index >= 15 is 0 Å². The van der Waals surface area contributed by atoms with E-state index in [0.29, 0.717) is 0 Å². The summed E-state index contributed by atoms with van der Waals surface area (Å²) < 4.78 is 5.03. The zero-order valence-electron chi connectivity index (χ0n) is 4.57. The first-order valence-corrected chi connectivity index (χ1v) is 2.87. The molecule has 2 unspecified atom stereocenters. The SMILES string of the molecule is CC(Cl)C1(C)CO1. The highest BCUT2D eigenvalue weighted by atomic mass is 35.5. The fraction of sp³-hybridized carbons (Fsp3) is 1.00. The van der Waals surface area contributed by atoms with Gasteiger partial charge in [0.05, 0.1) is 12.0 Å². The fourth-order valence-electron chi connectivity index (χ4n) is 0.343. The molecule has 2 atom stereocenters. The van der Waals surface area contributed by atoms with Crippen molar-refractivity contribution < 1.29 is 4.74 Å². The van der Waals surface area contributed by atoms with Crippen LogP contribution < -0.4 is 0 Å². The van der Waals surface area contributed by atoms with E-state index in [2.05, 4.69) is 0 Å². The monoisotopic (exact) mass is 120 g/mol. The van der Waals surface area contributed by atoms with Crippen LogP contribution in [-0.4, -0.2) is 17.6 Å². The first-order chi connectivity index (χ1) is 3.15. The Morgan fingerprint density at radius 3 is 2.29 bits per heavy atom. The van der Waals surface area contributed by atoms with Gasteiger partial charge in [-0.25, -0.2) is 0 Å². The normalized spacial score (nSPS) is 43.3. The van der Waals surface area contributed by atoms with Gasteiger partial charge in [-0.05, 0) is 13.8 Å². The molecule has 1 rings (SSSR count). The van der Waals surface area contributed by atoms with Crippen LogP contribution in [0.25, 0.3) is 0 Å². The van der Waals surface area contributed by atoms with Crippen molar-refractivity contribution >= 4 is 11.6 Å². The zero-order valence-corrected chi connectivity index (χ0v) is 5.33. The third kappa shape index (κ3) is 0.892. The predicted molar refractivity (Wildman–Crippen MR) is 29.7 cm³/mol. The van der Waals surface area contributed by atoms with Crippen molar-refractivity contribution in [3.63, 3.8) is 0 Å². The van der Waals surface area contributed by atoms with Gasteiger partial charge in [-0.3, -0.25) is 0 Å². The lowest BCUT2D eigenvalue weighted by Gasteiger charge is -2.03. The maximum atomic E-state index is 5.69. The molecule has 0 amide bonds. The van der Waals surface area contributed by atoms with E-state index in [1.54, 1.807) is 0 Å². The van der Waals surface area contributed by atoms with Gasteiger partial charge >= 0.3 is 0 Å². The van der Waals surface area contributed by atoms with Gasteiger partial charge in [-0.2, -0.15) is 0 Å². The van der Waals surface area contributed by atoms with Crippen molar-refractivity contribution in [2.24, 2.45) is 0 Å². The van der Waals surface area contributed by atoms with Crippen LogP contribution in [-0.2, 0) is 4.74 Å². The number of epoxide rings is 1. The van der Waals surface area contributed by atoms with Gasteiger partial charge in [-0.1, -0.05) is 0 Å². The largest absolute Gasteiger partial charge is 0.368 e. The highest BCUT2D eigenvalue weighted by Gasteiger charge is 2.43. The Morgan fingerprint density at radius 2 is 2.29 bits per heavy atom. The molecule has 1 aliphatic rings. The van der Waals surface area contributed by atoms with Gasteiger partial charge in [0, 0.05) is 0 Å². The minimum Gasteiger partial charge on any atom is -0.368 e. The van der Waals surface area contributed by atoms with Gasteiger partial charge in [0.25, 0.3) is 0 Å². The second kappa shape index (κ2) is 1.36. The molecule has 1 saturated heterocycles. The second-order valence-corrected chi connectivity index (χ2v) is 2.87. The molecular weight excluding hydrogens is 112 g/mol. The summed E-state index contributed by atoms with van der Waals surface area (Å²) in [4.78, 5) is 0. The summed E-state index contributed by atoms with van der Waals surface area (Å²) >= 11 is 5.69. The molecule has 0 bridgehead atoms. The minimum atomic E-state index is 0.0154. The third-order valence-corrected chi connectivity index (χ3v) is 1.90. The number of rotatable bonds is 1. The van der Waals surface area contributed by atoms with Crippen molar-refractivity contribution in [2.75, 3.05) is 6.61 Å². The molecule has 2 heteroatoms. The van der Waals surface area contributed by atoms with Gasteiger partial charge in [0.15, 0.2) is 0 Å². The van der Waals surface area contributed by atoms with E-state index in [0.717, 1.165) is 6.61 Å². The van der Waals surface area contributed by atoms with Crippen molar-refractivity contribution in [3.05, 3.63) is 0 Å². The van der Waals surface area contributed by atoms with Crippen LogP contribution in [0.3, 0.4) is 0 Å². The lowest BCUT2D eigenvalue weighted by atomic mass is 10.1. The molecule has 0 radical (unpaired) electrons. The molecule has 0 spiro atoms. The Morgan fingerprint density at radius 1 is 1.86 bits per heavy atom. The molecule has 1 nitrogen and oxygen atoms in total. The fourth-order valence-corrected chi connectivity index (χ4v) is 0.469. The lowest BCUT2D eigenvalue weighted by molar-refractivity contribution is 0.320. The summed E-state index contributed by atoms with van der Waals surface area (Å²) in [5, 5.41) is 0.160. The molecule has 0 aliphatic carbocycles. The van der Waals surface area contributed by atoms with E-state index < -0.39 is 0 Å². The van der Waals surface area contributed by atoms with Gasteiger partial charge in [-0.15, -0.1) is 11.6 Å². The lowest BCUT2D eigenvalue weighted by Crippen LogP contribution is -2.16. The summed E-state index contributed by atoms with van der Waals surface area (Å²) in [5.41, 5.74) is 0.0154. The van der Waals surface area contributed by atoms with E-state index in [4.69, 9.17) is 16.3 Å². The Kier molecular flexibility index (Phi) is 1.05. The van der Waals surface area contributed by atoms with Crippen LogP contribution in [0, 0.1) is 0 Å². The highest BCUT2D eigenvalue weighted by molar-refractivity contribution is 6.21. The molecule has 1 aliphatic heterocycles. The topological polar surface area (TPSA) is 12.5 Å². The summed E-state index contributed by atoms with van der Waals surface area (Å²) in [6, 6.07) is 0. The quantitative estimate of drug-likeness (QED) is 0.377. The van der Waals surface area contributed by atoms with Crippen molar-refractivity contribution in [2.45, 2.75) is 24.8 Å². The van der Waals surface area contributed by atoms with Crippen LogP contribution >= 0.6 is 11.6 Å². The maximum Gasteiger partial charge on any atom is 0.105 e. The van der Waals surface area contributed by atoms with Crippen LogP contribution in [0.15, 0.2) is 0 Å². The van der Waals surface area contributed by atoms with Crippen molar-refractivity contribution in [1.82, 2.24) is 0 Å². The summed E-state index contributed by atoms with van der Waals surface area (Å²) in [6.45, 7) is 4.80. The standard InChI is InChI=1S/C5H9ClO/c1-4(6)5(2)3-7-5/h4H,3H2,1-2H3. The highest BCUT2D eigenvalue weighted by Crippen LogP contribution is 2.32. The van der Waals surface area contributed by atoms with E-state index in [9.17, 15) is 0 Å². The minimum absolute atomic E-state index is 0.0154. The molecule has 0 aromatic carbocycles. The maximum absolute atomic E-state index is 5.69. The first kappa shape index (κ1) is 5.39. The predicted octanol–water partition coefficient (Wildman–Crippen LogP) is 1.40. The molecule has 1 heterocycles. The Labute approximate surface area is 48.6 Å². The number of halogens is 1. The van der Waals surface area contributed by atoms with Crippen molar-refractivity contribution in [1.29, 1.82) is 0 Å². The summed E-state index contributed by atoms with van der Waals surface area (Å²) in [6.07, 6.45) is 0. The smallest absolute Gasteiger partial charge is 0.105 e. The molecule has 42 valence electrons. The third-order valence-electron chi connectivity index (χ3n) is 1.44. The molecule has 0 N–H and O–H groups in total. The number of hydrogen-bond donors (Lipinski definition) is 0. The Hall–Kier alpha value is 0.250. The summed E-state index contributed by atoms with van der Waals surface area (Å²) in [7, 11) is 0. The van der Waals surface area contributed by atoms with Crippen LogP contribution in [0.4, 0.5) is 0 Å². The first-order valence-electron chi connectivity index (χ1n) is 2.43. The van der Waals surface area contributed by atoms with E-state index in [1.165, 1.54) is 0 Å². The van der Waals surface area contributed by atoms with Gasteiger partial charge in [0.1, 0.15) is 5.60 Å². The average Bonchev–Trinajstić information content (AvgIpc) is 2.21. The molecule has 7 heavy (non-hydrogen) atoms. The van der Waals surface area contributed by atoms with Crippen LogP contribution in [0.2, 0.25) is 0 Å². The molecule has 0 aromatic rings. The van der Waals surface area contributed by atoms with Gasteiger partial charge < -0.3 is 4.74 Å². The molecule has 0 saturated carbocycles. The number of hydrogen-bond acceptors (Lipinski definition) is 1. The Bertz CT molecular complexity index is 76.1. The number of ether oxygens (including phenoxy) is 1. The number of alkyl halides is 1. The average molecular weight is 121 g/mol. The van der Waals surface area contributed by atoms with Crippen LogP contribution in [0.5, 0.6) is 0 Å². The van der Waals surface area contributed by atoms with Crippen LogP contribution in [0.1, 0.15) is 13.8 Å². The molecule has 1 fully saturated rings. The zero-order chi connectivity index (χ0) is 5.49. The summed E-state index contributed by atoms with van der Waals surface area (Å²) in [5.74, 6) is 0.